The SMILES string of the molecule is N#Cc1ccc(-c2ccc(-c3nc(-c4ccc5c(ccc6ccccc65)c4)nc(-c4ccc5c(c4)oc4cccc(-c6ccc(-c7ccccc7)cc6)c45)n3)cc2)cc1. The number of furan rings is 1. The fraction of sp³-hybridized carbons (Fsp3) is 0. The van der Waals surface area contributed by atoms with Crippen molar-refractivity contribution in [2.45, 2.75) is 0 Å². The van der Waals surface area contributed by atoms with Crippen LogP contribution in [0.15, 0.2) is 199 Å². The van der Waals surface area contributed by atoms with Crippen molar-refractivity contribution in [2.24, 2.45) is 0 Å². The van der Waals surface area contributed by atoms with Crippen LogP contribution in [0.5, 0.6) is 0 Å². The Morgan fingerprint density at radius 1 is 0.356 bits per heavy atom. The Bertz CT molecular complexity index is 3420. The summed E-state index contributed by atoms with van der Waals surface area (Å²) in [6.07, 6.45) is 0. The van der Waals surface area contributed by atoms with Crippen molar-refractivity contribution in [1.29, 1.82) is 5.26 Å². The normalized spacial score (nSPS) is 11.4. The van der Waals surface area contributed by atoms with Crippen LogP contribution in [0, 0.1) is 11.3 Å². The number of benzene rings is 9. The molecule has 9 aromatic carbocycles. The van der Waals surface area contributed by atoms with E-state index in [0.717, 1.165) is 66.3 Å². The smallest absolute Gasteiger partial charge is 0.164 e. The Labute approximate surface area is 340 Å². The van der Waals surface area contributed by atoms with Gasteiger partial charge in [-0.15, -0.1) is 0 Å². The van der Waals surface area contributed by atoms with Crippen LogP contribution in [0.1, 0.15) is 5.56 Å². The highest BCUT2D eigenvalue weighted by Crippen LogP contribution is 2.39. The first-order valence-electron chi connectivity index (χ1n) is 19.6. The van der Waals surface area contributed by atoms with Gasteiger partial charge in [0.05, 0.1) is 11.6 Å². The molecule has 5 nitrogen and oxygen atoms in total. The fourth-order valence-corrected chi connectivity index (χ4v) is 8.14. The summed E-state index contributed by atoms with van der Waals surface area (Å²) in [5, 5.41) is 16.1. The first-order chi connectivity index (χ1) is 29.1. The van der Waals surface area contributed by atoms with Gasteiger partial charge in [-0.1, -0.05) is 158 Å². The van der Waals surface area contributed by atoms with E-state index in [9.17, 15) is 5.26 Å². The second kappa shape index (κ2) is 14.1. The molecule has 0 bridgehead atoms. The lowest BCUT2D eigenvalue weighted by molar-refractivity contribution is 0.669. The standard InChI is InChI=1S/C54H32N4O/c55-33-34-13-15-36(16-14-34)38-19-24-41(25-20-38)52-56-53(43-27-29-46-42(31-43)26-23-39-9-4-5-10-45(39)46)58-54(57-52)44-28-30-48-50(32-44)59-49-12-6-11-47(51(48)49)40-21-17-37(18-22-40)35-7-2-1-3-8-35/h1-32H. The number of fused-ring (bicyclic) bond motifs is 6. The van der Waals surface area contributed by atoms with Gasteiger partial charge in [0.15, 0.2) is 17.5 Å². The Morgan fingerprint density at radius 3 is 1.59 bits per heavy atom. The van der Waals surface area contributed by atoms with Gasteiger partial charge in [0.25, 0.3) is 0 Å². The number of rotatable bonds is 6. The molecule has 0 fully saturated rings. The molecule has 0 unspecified atom stereocenters. The minimum absolute atomic E-state index is 0.554. The van der Waals surface area contributed by atoms with E-state index in [2.05, 4.69) is 146 Å². The molecule has 5 heteroatoms. The molecule has 59 heavy (non-hydrogen) atoms. The summed E-state index contributed by atoms with van der Waals surface area (Å²) in [6.45, 7) is 0. The van der Waals surface area contributed by atoms with Crippen molar-refractivity contribution >= 4 is 43.5 Å². The van der Waals surface area contributed by atoms with Crippen LogP contribution in [0.3, 0.4) is 0 Å². The van der Waals surface area contributed by atoms with Gasteiger partial charge in [0.1, 0.15) is 11.2 Å². The van der Waals surface area contributed by atoms with Crippen molar-refractivity contribution in [2.75, 3.05) is 0 Å². The van der Waals surface area contributed by atoms with Crippen LogP contribution in [-0.2, 0) is 0 Å². The zero-order valence-corrected chi connectivity index (χ0v) is 31.7. The van der Waals surface area contributed by atoms with Crippen LogP contribution in [0.25, 0.3) is 111 Å². The van der Waals surface area contributed by atoms with Crippen molar-refractivity contribution < 1.29 is 4.42 Å². The number of nitrogens with zero attached hydrogens (tertiary/aromatic N) is 4. The summed E-state index contributed by atoms with van der Waals surface area (Å²) in [7, 11) is 0. The molecule has 0 aliphatic carbocycles. The lowest BCUT2D eigenvalue weighted by Crippen LogP contribution is -2.00. The van der Waals surface area contributed by atoms with Gasteiger partial charge >= 0.3 is 0 Å². The van der Waals surface area contributed by atoms with Crippen LogP contribution in [0.4, 0.5) is 0 Å². The first-order valence-corrected chi connectivity index (χ1v) is 19.6. The molecule has 0 spiro atoms. The lowest BCUT2D eigenvalue weighted by atomic mass is 9.96. The Balaban J connectivity index is 1.02. The van der Waals surface area contributed by atoms with Gasteiger partial charge in [0, 0.05) is 27.5 Å². The molecule has 11 rings (SSSR count). The summed E-state index contributed by atoms with van der Waals surface area (Å²) < 4.78 is 6.56. The highest BCUT2D eigenvalue weighted by Gasteiger charge is 2.17. The van der Waals surface area contributed by atoms with E-state index in [1.807, 2.05) is 54.6 Å². The largest absolute Gasteiger partial charge is 0.456 e. The Kier molecular flexibility index (Phi) is 8.13. The highest BCUT2D eigenvalue weighted by atomic mass is 16.3. The molecule has 0 saturated carbocycles. The van der Waals surface area contributed by atoms with E-state index < -0.39 is 0 Å². The third-order valence-corrected chi connectivity index (χ3v) is 11.2. The second-order valence-electron chi connectivity index (χ2n) is 14.7. The molecule has 0 aliphatic rings. The van der Waals surface area contributed by atoms with E-state index >= 15 is 0 Å². The summed E-state index contributed by atoms with van der Waals surface area (Å²) in [5.41, 5.74) is 11.5. The predicted octanol–water partition coefficient (Wildman–Crippen LogP) is 14.0. The topological polar surface area (TPSA) is 75.6 Å². The van der Waals surface area contributed by atoms with E-state index in [1.165, 1.54) is 27.3 Å². The molecule has 0 amide bonds. The maximum absolute atomic E-state index is 9.27. The van der Waals surface area contributed by atoms with Gasteiger partial charge in [-0.25, -0.2) is 15.0 Å². The molecule has 0 saturated heterocycles. The van der Waals surface area contributed by atoms with E-state index in [4.69, 9.17) is 19.4 Å². The zero-order valence-electron chi connectivity index (χ0n) is 31.7. The minimum atomic E-state index is 0.554. The van der Waals surface area contributed by atoms with Crippen LogP contribution in [0.2, 0.25) is 0 Å². The second-order valence-corrected chi connectivity index (χ2v) is 14.7. The minimum Gasteiger partial charge on any atom is -0.456 e. The lowest BCUT2D eigenvalue weighted by Gasteiger charge is -2.10. The average molecular weight is 753 g/mol. The summed E-state index contributed by atoms with van der Waals surface area (Å²) in [4.78, 5) is 15.3. The molecular formula is C54H32N4O. The third-order valence-electron chi connectivity index (χ3n) is 11.2. The van der Waals surface area contributed by atoms with Gasteiger partial charge in [-0.05, 0) is 91.3 Å². The van der Waals surface area contributed by atoms with Gasteiger partial charge in [-0.3, -0.25) is 0 Å². The third kappa shape index (κ3) is 6.17. The molecule has 11 aromatic rings. The maximum Gasteiger partial charge on any atom is 0.164 e. The monoisotopic (exact) mass is 752 g/mol. The molecule has 0 aliphatic heterocycles. The van der Waals surface area contributed by atoms with Crippen LogP contribution in [-0.4, -0.2) is 15.0 Å². The van der Waals surface area contributed by atoms with E-state index in [-0.39, 0.29) is 0 Å². The van der Waals surface area contributed by atoms with Crippen LogP contribution >= 0.6 is 0 Å². The molecule has 0 N–H and O–H groups in total. The maximum atomic E-state index is 9.27. The summed E-state index contributed by atoms with van der Waals surface area (Å²) in [6, 6.07) is 68.9. The number of hydrogen-bond donors (Lipinski definition) is 0. The van der Waals surface area contributed by atoms with E-state index in [1.54, 1.807) is 0 Å². The Morgan fingerprint density at radius 2 is 0.881 bits per heavy atom. The molecule has 2 aromatic heterocycles. The highest BCUT2D eigenvalue weighted by molar-refractivity contribution is 6.13. The van der Waals surface area contributed by atoms with Crippen molar-refractivity contribution in [3.05, 3.63) is 200 Å². The van der Waals surface area contributed by atoms with Gasteiger partial charge < -0.3 is 4.42 Å². The summed E-state index contributed by atoms with van der Waals surface area (Å²) in [5.74, 6) is 1.71. The molecule has 274 valence electrons. The number of nitriles is 1. The predicted molar refractivity (Wildman–Crippen MR) is 239 cm³/mol. The van der Waals surface area contributed by atoms with Crippen molar-refractivity contribution in [1.82, 2.24) is 15.0 Å². The quantitative estimate of drug-likeness (QED) is 0.158. The fourth-order valence-electron chi connectivity index (χ4n) is 8.14. The van der Waals surface area contributed by atoms with Crippen molar-refractivity contribution in [3.8, 4) is 73.6 Å². The van der Waals surface area contributed by atoms with Gasteiger partial charge in [-0.2, -0.15) is 5.26 Å². The zero-order chi connectivity index (χ0) is 39.3. The molecule has 0 atom stereocenters. The van der Waals surface area contributed by atoms with Gasteiger partial charge in [0.2, 0.25) is 0 Å². The summed E-state index contributed by atoms with van der Waals surface area (Å²) >= 11 is 0. The van der Waals surface area contributed by atoms with Crippen molar-refractivity contribution in [3.63, 3.8) is 0 Å². The van der Waals surface area contributed by atoms with Crippen LogP contribution < -0.4 is 0 Å². The first kappa shape index (κ1) is 34.1. The average Bonchev–Trinajstić information content (AvgIpc) is 3.70. The number of aromatic nitrogens is 3. The molecular weight excluding hydrogens is 721 g/mol. The van der Waals surface area contributed by atoms with E-state index in [0.29, 0.717) is 23.0 Å². The molecule has 2 heterocycles. The number of hydrogen-bond acceptors (Lipinski definition) is 5. The molecule has 0 radical (unpaired) electrons. The Hall–Kier alpha value is -8.20.